The van der Waals surface area contributed by atoms with Crippen molar-refractivity contribution in [2.75, 3.05) is 7.11 Å². The second-order valence-electron chi connectivity index (χ2n) is 6.91. The van der Waals surface area contributed by atoms with E-state index in [9.17, 15) is 9.90 Å². The highest BCUT2D eigenvalue weighted by molar-refractivity contribution is 5.88. The number of rotatable bonds is 2. The van der Waals surface area contributed by atoms with Crippen LogP contribution in [0.1, 0.15) is 52.4 Å². The summed E-state index contributed by atoms with van der Waals surface area (Å²) in [6.07, 6.45) is 5.93. The normalized spacial score (nSPS) is 42.3. The van der Waals surface area contributed by atoms with Crippen LogP contribution in [0.2, 0.25) is 0 Å². The predicted octanol–water partition coefficient (Wildman–Crippen LogP) is 3.07. The van der Waals surface area contributed by atoms with Crippen LogP contribution in [-0.4, -0.2) is 23.8 Å². The fraction of sp³-hybridized carbons (Fsp3) is 0.812. The Morgan fingerprint density at radius 3 is 2.63 bits per heavy atom. The maximum Gasteiger partial charge on any atom is 0.333 e. The van der Waals surface area contributed by atoms with Gasteiger partial charge in [-0.05, 0) is 56.3 Å². The van der Waals surface area contributed by atoms with Gasteiger partial charge in [0.05, 0.1) is 12.7 Å². The molecule has 108 valence electrons. The van der Waals surface area contributed by atoms with Crippen LogP contribution in [0.25, 0.3) is 0 Å². The molecule has 2 aliphatic carbocycles. The monoisotopic (exact) mass is 266 g/mol. The highest BCUT2D eigenvalue weighted by Gasteiger charge is 2.51. The molecule has 19 heavy (non-hydrogen) atoms. The average Bonchev–Trinajstić information content (AvgIpc) is 2.71. The molecular formula is C16H26O3. The molecule has 0 aromatic rings. The number of carbonyl (C=O) groups excluding carboxylic acids is 1. The van der Waals surface area contributed by atoms with E-state index in [1.54, 1.807) is 0 Å². The molecule has 2 rings (SSSR count). The smallest absolute Gasteiger partial charge is 0.333 e. The lowest BCUT2D eigenvalue weighted by molar-refractivity contribution is -0.136. The fourth-order valence-corrected chi connectivity index (χ4v) is 4.44. The van der Waals surface area contributed by atoms with Crippen molar-refractivity contribution in [3.05, 3.63) is 12.2 Å². The first-order valence-electron chi connectivity index (χ1n) is 7.30. The maximum absolute atomic E-state index is 11.7. The van der Waals surface area contributed by atoms with Gasteiger partial charge < -0.3 is 9.84 Å². The van der Waals surface area contributed by atoms with Gasteiger partial charge in [0.25, 0.3) is 0 Å². The Hall–Kier alpha value is -0.830. The summed E-state index contributed by atoms with van der Waals surface area (Å²) in [5.41, 5.74) is 0.0879. The van der Waals surface area contributed by atoms with Gasteiger partial charge >= 0.3 is 5.97 Å². The molecule has 1 N–H and O–H groups in total. The zero-order chi connectivity index (χ0) is 14.3. The van der Waals surface area contributed by atoms with Crippen LogP contribution in [0.4, 0.5) is 0 Å². The minimum Gasteiger partial charge on any atom is -0.466 e. The molecule has 0 saturated heterocycles. The lowest BCUT2D eigenvalue weighted by Crippen LogP contribution is -2.40. The Morgan fingerprint density at radius 2 is 2.00 bits per heavy atom. The summed E-state index contributed by atoms with van der Waals surface area (Å²) < 4.78 is 4.80. The van der Waals surface area contributed by atoms with E-state index in [0.717, 1.165) is 32.1 Å². The largest absolute Gasteiger partial charge is 0.466 e. The van der Waals surface area contributed by atoms with E-state index in [1.165, 1.54) is 13.5 Å². The predicted molar refractivity (Wildman–Crippen MR) is 74.6 cm³/mol. The summed E-state index contributed by atoms with van der Waals surface area (Å²) in [6, 6.07) is 0. The van der Waals surface area contributed by atoms with Crippen LogP contribution in [0, 0.1) is 17.3 Å². The van der Waals surface area contributed by atoms with Gasteiger partial charge in [0.2, 0.25) is 0 Å². The van der Waals surface area contributed by atoms with Crippen LogP contribution < -0.4 is 0 Å². The summed E-state index contributed by atoms with van der Waals surface area (Å²) >= 11 is 0. The van der Waals surface area contributed by atoms with Crippen molar-refractivity contribution < 1.29 is 14.6 Å². The molecular weight excluding hydrogens is 240 g/mol. The third-order valence-electron chi connectivity index (χ3n) is 5.48. The molecule has 2 aliphatic rings. The molecule has 0 bridgehead atoms. The summed E-state index contributed by atoms with van der Waals surface area (Å²) in [5, 5.41) is 10.7. The molecule has 2 saturated carbocycles. The zero-order valence-electron chi connectivity index (χ0n) is 12.4. The van der Waals surface area contributed by atoms with Crippen LogP contribution in [0.5, 0.6) is 0 Å². The van der Waals surface area contributed by atoms with E-state index in [-0.39, 0.29) is 17.3 Å². The Morgan fingerprint density at radius 1 is 1.32 bits per heavy atom. The van der Waals surface area contributed by atoms with Gasteiger partial charge in [-0.15, -0.1) is 0 Å². The molecule has 0 aliphatic heterocycles. The third kappa shape index (κ3) is 2.58. The van der Waals surface area contributed by atoms with Crippen molar-refractivity contribution in [2.24, 2.45) is 17.3 Å². The number of ether oxygens (including phenoxy) is 1. The quantitative estimate of drug-likeness (QED) is 0.617. The molecule has 4 atom stereocenters. The van der Waals surface area contributed by atoms with E-state index in [1.807, 2.05) is 6.92 Å². The van der Waals surface area contributed by atoms with Crippen LogP contribution in [-0.2, 0) is 9.53 Å². The zero-order valence-corrected chi connectivity index (χ0v) is 12.4. The van der Waals surface area contributed by atoms with Gasteiger partial charge in [0, 0.05) is 5.57 Å². The Labute approximate surface area is 116 Å². The maximum atomic E-state index is 11.7. The Bertz CT molecular complexity index is 385. The molecule has 0 aromatic carbocycles. The Kier molecular flexibility index (Phi) is 3.78. The van der Waals surface area contributed by atoms with Crippen molar-refractivity contribution in [3.8, 4) is 0 Å². The van der Waals surface area contributed by atoms with Gasteiger partial charge in [0.1, 0.15) is 0 Å². The van der Waals surface area contributed by atoms with Crippen molar-refractivity contribution in [2.45, 2.75) is 58.0 Å². The number of esters is 1. The van der Waals surface area contributed by atoms with Gasteiger partial charge in [-0.3, -0.25) is 0 Å². The van der Waals surface area contributed by atoms with E-state index in [4.69, 9.17) is 4.74 Å². The van der Waals surface area contributed by atoms with Crippen molar-refractivity contribution in [1.82, 2.24) is 0 Å². The molecule has 0 aromatic heterocycles. The molecule has 0 spiro atoms. The highest BCUT2D eigenvalue weighted by atomic mass is 16.5. The SMILES string of the molecule is C=C(C(=O)OC)[C@@H]1CC[C@@](C)(O)[C@@H]2CCC[C@@]2(C)C1. The average molecular weight is 266 g/mol. The molecule has 0 unspecified atom stereocenters. The number of aliphatic hydroxyl groups is 1. The van der Waals surface area contributed by atoms with E-state index in [2.05, 4.69) is 13.5 Å². The number of methoxy groups -OCH3 is 1. The number of hydrogen-bond acceptors (Lipinski definition) is 3. The van der Waals surface area contributed by atoms with Gasteiger partial charge in [0.15, 0.2) is 0 Å². The molecule has 2 fully saturated rings. The lowest BCUT2D eigenvalue weighted by atomic mass is 9.69. The second kappa shape index (κ2) is 4.93. The summed E-state index contributed by atoms with van der Waals surface area (Å²) in [5.74, 6) is 0.187. The molecule has 3 heteroatoms. The van der Waals surface area contributed by atoms with Gasteiger partial charge in [-0.25, -0.2) is 4.79 Å². The van der Waals surface area contributed by atoms with Crippen molar-refractivity contribution >= 4 is 5.97 Å². The number of carbonyl (C=O) groups is 1. The summed E-state index contributed by atoms with van der Waals surface area (Å²) in [4.78, 5) is 11.7. The highest BCUT2D eigenvalue weighted by Crippen LogP contribution is 2.56. The molecule has 0 heterocycles. The molecule has 0 amide bonds. The van der Waals surface area contributed by atoms with Gasteiger partial charge in [-0.1, -0.05) is 19.9 Å². The third-order valence-corrected chi connectivity index (χ3v) is 5.48. The second-order valence-corrected chi connectivity index (χ2v) is 6.91. The van der Waals surface area contributed by atoms with Crippen LogP contribution in [0.15, 0.2) is 12.2 Å². The lowest BCUT2D eigenvalue weighted by Gasteiger charge is -2.39. The minimum atomic E-state index is -0.615. The van der Waals surface area contributed by atoms with E-state index in [0.29, 0.717) is 11.5 Å². The summed E-state index contributed by atoms with van der Waals surface area (Å²) in [6.45, 7) is 8.16. The first-order chi connectivity index (χ1) is 8.80. The topological polar surface area (TPSA) is 46.5 Å². The van der Waals surface area contributed by atoms with Gasteiger partial charge in [-0.2, -0.15) is 0 Å². The first kappa shape index (κ1) is 14.6. The van der Waals surface area contributed by atoms with Crippen molar-refractivity contribution in [3.63, 3.8) is 0 Å². The van der Waals surface area contributed by atoms with Crippen molar-refractivity contribution in [1.29, 1.82) is 0 Å². The molecule has 0 radical (unpaired) electrons. The molecule has 3 nitrogen and oxygen atoms in total. The first-order valence-corrected chi connectivity index (χ1v) is 7.30. The number of fused-ring (bicyclic) bond motifs is 1. The summed E-state index contributed by atoms with van der Waals surface area (Å²) in [7, 11) is 1.40. The Balaban J connectivity index is 2.23. The number of hydrogen-bond donors (Lipinski definition) is 1. The fourth-order valence-electron chi connectivity index (χ4n) is 4.44. The van der Waals surface area contributed by atoms with Crippen LogP contribution in [0.3, 0.4) is 0 Å². The minimum absolute atomic E-state index is 0.127. The van der Waals surface area contributed by atoms with E-state index >= 15 is 0 Å². The van der Waals surface area contributed by atoms with E-state index < -0.39 is 5.60 Å². The standard InChI is InChI=1S/C16H26O3/c1-11(14(17)19-4)12-7-9-16(3,18)13-6-5-8-15(13,2)10-12/h12-13,18H,1,5-10H2,2-4H3/t12-,13-,15+,16-/m1/s1. The van der Waals surface area contributed by atoms with Crippen LogP contribution >= 0.6 is 0 Å².